The van der Waals surface area contributed by atoms with Crippen LogP contribution in [-0.4, -0.2) is 33.1 Å². The third-order valence-electron chi connectivity index (χ3n) is 3.89. The number of aliphatic hydroxyl groups excluding tert-OH is 1. The number of aliphatic hydroxyl groups is 1. The predicted molar refractivity (Wildman–Crippen MR) is 82.4 cm³/mol. The molecule has 0 aromatic carbocycles. The molecule has 112 valence electrons. The quantitative estimate of drug-likeness (QED) is 0.815. The number of nitrogens with one attached hydrogen (secondary N) is 2. The molecule has 2 aromatic heterocycles. The maximum atomic E-state index is 12.2. The van der Waals surface area contributed by atoms with E-state index >= 15 is 0 Å². The van der Waals surface area contributed by atoms with E-state index in [0.29, 0.717) is 5.69 Å². The number of aryl methyl sites for hydroxylation is 1. The summed E-state index contributed by atoms with van der Waals surface area (Å²) in [6.45, 7) is 1.96. The maximum absolute atomic E-state index is 12.2. The molecule has 5 nitrogen and oxygen atoms in total. The molecule has 1 saturated carbocycles. The molecule has 3 N–H and O–H groups in total. The second-order valence-electron chi connectivity index (χ2n) is 5.49. The van der Waals surface area contributed by atoms with Gasteiger partial charge >= 0.3 is 0 Å². The van der Waals surface area contributed by atoms with Crippen LogP contribution < -0.4 is 5.32 Å². The lowest BCUT2D eigenvalue weighted by molar-refractivity contribution is 0.0714. The summed E-state index contributed by atoms with van der Waals surface area (Å²) < 4.78 is 0. The highest BCUT2D eigenvalue weighted by molar-refractivity contribution is 7.09. The zero-order valence-corrected chi connectivity index (χ0v) is 12.7. The average molecular weight is 305 g/mol. The van der Waals surface area contributed by atoms with Crippen molar-refractivity contribution < 1.29 is 9.90 Å². The van der Waals surface area contributed by atoms with Crippen LogP contribution in [0.5, 0.6) is 0 Å². The summed E-state index contributed by atoms with van der Waals surface area (Å²) in [6.07, 6.45) is 5.05. The van der Waals surface area contributed by atoms with Crippen LogP contribution >= 0.6 is 11.3 Å². The van der Waals surface area contributed by atoms with Crippen molar-refractivity contribution in [2.24, 2.45) is 0 Å². The summed E-state index contributed by atoms with van der Waals surface area (Å²) in [5.41, 5.74) is 2.30. The van der Waals surface area contributed by atoms with Gasteiger partial charge in [-0.3, -0.25) is 4.79 Å². The first kappa shape index (κ1) is 14.3. The minimum atomic E-state index is -0.432. The van der Waals surface area contributed by atoms with Gasteiger partial charge in [-0.15, -0.1) is 11.3 Å². The lowest BCUT2D eigenvalue weighted by Crippen LogP contribution is -2.45. The van der Waals surface area contributed by atoms with Crippen molar-refractivity contribution in [2.45, 2.75) is 44.8 Å². The van der Waals surface area contributed by atoms with Gasteiger partial charge in [-0.1, -0.05) is 12.8 Å². The topological polar surface area (TPSA) is 78.0 Å². The number of hydrogen-bond donors (Lipinski definition) is 3. The number of carbonyl (C=O) groups excluding carboxylic acids is 1. The minimum Gasteiger partial charge on any atom is -0.391 e. The Kier molecular flexibility index (Phi) is 4.07. The van der Waals surface area contributed by atoms with Crippen LogP contribution in [0.3, 0.4) is 0 Å². The van der Waals surface area contributed by atoms with E-state index < -0.39 is 6.10 Å². The Morgan fingerprint density at radius 3 is 3.00 bits per heavy atom. The first-order valence-electron chi connectivity index (χ1n) is 7.23. The van der Waals surface area contributed by atoms with Crippen LogP contribution in [0.4, 0.5) is 0 Å². The Bertz CT molecular complexity index is 634. The average Bonchev–Trinajstić information content (AvgIpc) is 3.10. The third kappa shape index (κ3) is 3.16. The van der Waals surface area contributed by atoms with E-state index in [-0.39, 0.29) is 11.9 Å². The summed E-state index contributed by atoms with van der Waals surface area (Å²) in [7, 11) is 0. The molecule has 6 heteroatoms. The van der Waals surface area contributed by atoms with Crippen LogP contribution in [0.15, 0.2) is 17.6 Å². The Balaban J connectivity index is 1.69. The first-order valence-corrected chi connectivity index (χ1v) is 8.11. The summed E-state index contributed by atoms with van der Waals surface area (Å²) in [4.78, 5) is 19.6. The summed E-state index contributed by atoms with van der Waals surface area (Å²) in [5.74, 6) is -0.167. The molecule has 2 heterocycles. The number of H-pyrrole nitrogens is 1. The van der Waals surface area contributed by atoms with Gasteiger partial charge in [-0.25, -0.2) is 4.98 Å². The van der Waals surface area contributed by atoms with E-state index in [0.717, 1.165) is 41.9 Å². The van der Waals surface area contributed by atoms with Crippen molar-refractivity contribution in [2.75, 3.05) is 0 Å². The van der Waals surface area contributed by atoms with Crippen molar-refractivity contribution in [3.05, 3.63) is 28.3 Å². The Morgan fingerprint density at radius 2 is 2.29 bits per heavy atom. The molecule has 0 saturated heterocycles. The number of aromatic nitrogens is 2. The first-order chi connectivity index (χ1) is 10.1. The molecule has 0 bridgehead atoms. The Morgan fingerprint density at radius 1 is 1.48 bits per heavy atom. The van der Waals surface area contributed by atoms with Gasteiger partial charge in [-0.05, 0) is 25.8 Å². The molecule has 1 fully saturated rings. The molecule has 1 aliphatic rings. The van der Waals surface area contributed by atoms with Gasteiger partial charge in [0.1, 0.15) is 5.69 Å². The van der Waals surface area contributed by atoms with Crippen molar-refractivity contribution >= 4 is 17.2 Å². The lowest BCUT2D eigenvalue weighted by Gasteiger charge is -2.28. The lowest BCUT2D eigenvalue weighted by atomic mass is 9.92. The molecule has 21 heavy (non-hydrogen) atoms. The number of amides is 1. The second kappa shape index (κ2) is 5.99. The molecule has 3 rings (SSSR count). The molecule has 1 aliphatic carbocycles. The van der Waals surface area contributed by atoms with Gasteiger partial charge in [0, 0.05) is 17.1 Å². The highest BCUT2D eigenvalue weighted by Crippen LogP contribution is 2.23. The number of aromatic amines is 1. The fourth-order valence-corrected chi connectivity index (χ4v) is 3.32. The van der Waals surface area contributed by atoms with Crippen molar-refractivity contribution in [1.29, 1.82) is 0 Å². The van der Waals surface area contributed by atoms with Crippen molar-refractivity contribution in [1.82, 2.24) is 15.3 Å². The third-order valence-corrected chi connectivity index (χ3v) is 4.66. The highest BCUT2D eigenvalue weighted by atomic mass is 32.1. The van der Waals surface area contributed by atoms with Crippen LogP contribution in [0.1, 0.15) is 41.2 Å². The van der Waals surface area contributed by atoms with Crippen LogP contribution in [-0.2, 0) is 0 Å². The minimum absolute atomic E-state index is 0.139. The molecule has 2 aromatic rings. The Hall–Kier alpha value is -1.66. The van der Waals surface area contributed by atoms with Gasteiger partial charge in [0.2, 0.25) is 0 Å². The van der Waals surface area contributed by atoms with E-state index in [2.05, 4.69) is 15.3 Å². The number of rotatable bonds is 3. The maximum Gasteiger partial charge on any atom is 0.268 e. The van der Waals surface area contributed by atoms with E-state index in [1.807, 2.05) is 12.3 Å². The number of thiazole rings is 1. The molecule has 0 unspecified atom stereocenters. The molecular weight excluding hydrogens is 286 g/mol. The van der Waals surface area contributed by atoms with Gasteiger partial charge in [0.05, 0.1) is 22.8 Å². The van der Waals surface area contributed by atoms with Crippen LogP contribution in [0, 0.1) is 6.92 Å². The van der Waals surface area contributed by atoms with Crippen LogP contribution in [0.2, 0.25) is 0 Å². The molecule has 0 spiro atoms. The summed E-state index contributed by atoms with van der Waals surface area (Å²) in [5, 5.41) is 15.8. The van der Waals surface area contributed by atoms with Gasteiger partial charge in [0.25, 0.3) is 5.91 Å². The normalized spacial score (nSPS) is 22.2. The van der Waals surface area contributed by atoms with Crippen LogP contribution in [0.25, 0.3) is 11.3 Å². The van der Waals surface area contributed by atoms with E-state index in [1.165, 1.54) is 0 Å². The molecule has 0 radical (unpaired) electrons. The van der Waals surface area contributed by atoms with Gasteiger partial charge < -0.3 is 15.4 Å². The summed E-state index contributed by atoms with van der Waals surface area (Å²) in [6, 6.07) is 1.67. The Labute approximate surface area is 127 Å². The summed E-state index contributed by atoms with van der Waals surface area (Å²) >= 11 is 1.59. The van der Waals surface area contributed by atoms with E-state index in [4.69, 9.17) is 0 Å². The second-order valence-corrected chi connectivity index (χ2v) is 6.55. The largest absolute Gasteiger partial charge is 0.391 e. The molecular formula is C15H19N3O2S. The van der Waals surface area contributed by atoms with Crippen molar-refractivity contribution in [3.63, 3.8) is 0 Å². The van der Waals surface area contributed by atoms with Crippen molar-refractivity contribution in [3.8, 4) is 11.3 Å². The van der Waals surface area contributed by atoms with Gasteiger partial charge in [-0.2, -0.15) is 0 Å². The SMILES string of the molecule is Cc1nc(-c2c[nH]c(C(=O)N[C@H]3CCCC[C@@H]3O)c2)cs1. The zero-order chi connectivity index (χ0) is 14.8. The molecule has 1 amide bonds. The van der Waals surface area contributed by atoms with E-state index in [9.17, 15) is 9.90 Å². The molecule has 0 aliphatic heterocycles. The standard InChI is InChI=1S/C15H19N3O2S/c1-9-17-13(8-21-9)10-6-12(16-7-10)15(20)18-11-4-2-3-5-14(11)19/h6-8,11,14,16,19H,2-5H2,1H3,(H,18,20)/t11-,14-/m0/s1. The van der Waals surface area contributed by atoms with E-state index in [1.54, 1.807) is 23.6 Å². The molecule has 2 atom stereocenters. The monoisotopic (exact) mass is 305 g/mol. The smallest absolute Gasteiger partial charge is 0.268 e. The predicted octanol–water partition coefficient (Wildman–Crippen LogP) is 2.48. The number of hydrogen-bond acceptors (Lipinski definition) is 4. The number of nitrogens with zero attached hydrogens (tertiary/aromatic N) is 1. The fraction of sp³-hybridized carbons (Fsp3) is 0.467. The van der Waals surface area contributed by atoms with Gasteiger partial charge in [0.15, 0.2) is 0 Å². The zero-order valence-electron chi connectivity index (χ0n) is 11.9. The fourth-order valence-electron chi connectivity index (χ4n) is 2.70. The number of carbonyl (C=O) groups is 1. The highest BCUT2D eigenvalue weighted by Gasteiger charge is 2.25.